The molecular formula is C18H22Cl3N3O2. The largest absolute Gasteiger partial charge is 0.486 e. The Bertz CT molecular complexity index is 723. The number of amides is 1. The van der Waals surface area contributed by atoms with Gasteiger partial charge < -0.3 is 15.8 Å². The minimum absolute atomic E-state index is 0. The van der Waals surface area contributed by atoms with Crippen molar-refractivity contribution < 1.29 is 9.53 Å². The van der Waals surface area contributed by atoms with Crippen LogP contribution in [0, 0.1) is 0 Å². The van der Waals surface area contributed by atoms with Gasteiger partial charge in [-0.25, -0.2) is 0 Å². The van der Waals surface area contributed by atoms with Gasteiger partial charge in [0.25, 0.3) is 0 Å². The van der Waals surface area contributed by atoms with E-state index in [0.717, 1.165) is 31.4 Å². The zero-order valence-corrected chi connectivity index (χ0v) is 16.5. The van der Waals surface area contributed by atoms with E-state index in [2.05, 4.69) is 10.3 Å². The third kappa shape index (κ3) is 5.48. The molecule has 142 valence electrons. The number of pyridine rings is 1. The van der Waals surface area contributed by atoms with Gasteiger partial charge in [0.05, 0.1) is 16.3 Å². The fourth-order valence-corrected chi connectivity index (χ4v) is 3.05. The Morgan fingerprint density at radius 1 is 1.23 bits per heavy atom. The predicted molar refractivity (Wildman–Crippen MR) is 109 cm³/mol. The van der Waals surface area contributed by atoms with E-state index in [0.29, 0.717) is 23.1 Å². The summed E-state index contributed by atoms with van der Waals surface area (Å²) < 4.78 is 5.67. The molecule has 3 rings (SSSR count). The number of aromatic nitrogens is 1. The number of hydrogen-bond acceptors (Lipinski definition) is 4. The van der Waals surface area contributed by atoms with Crippen LogP contribution in [0.15, 0.2) is 42.6 Å². The van der Waals surface area contributed by atoms with Gasteiger partial charge in [-0.3, -0.25) is 9.78 Å². The van der Waals surface area contributed by atoms with Crippen molar-refractivity contribution in [2.45, 2.75) is 37.8 Å². The zero-order valence-electron chi connectivity index (χ0n) is 14.1. The zero-order chi connectivity index (χ0) is 17.0. The molecule has 1 aromatic heterocycles. The first kappa shape index (κ1) is 22.5. The Morgan fingerprint density at radius 2 is 1.96 bits per heavy atom. The predicted octanol–water partition coefficient (Wildman–Crippen LogP) is 4.37. The van der Waals surface area contributed by atoms with Gasteiger partial charge in [-0.1, -0.05) is 30.5 Å². The van der Waals surface area contributed by atoms with Crippen molar-refractivity contribution in [3.8, 4) is 5.75 Å². The van der Waals surface area contributed by atoms with Crippen LogP contribution >= 0.6 is 36.4 Å². The summed E-state index contributed by atoms with van der Waals surface area (Å²) in [6.45, 7) is 0.332. The van der Waals surface area contributed by atoms with E-state index in [1.54, 1.807) is 24.4 Å². The molecule has 0 spiro atoms. The monoisotopic (exact) mass is 417 g/mol. The number of ether oxygens (including phenoxy) is 1. The lowest BCUT2D eigenvalue weighted by atomic mass is 9.98. The van der Waals surface area contributed by atoms with Crippen LogP contribution in [0.2, 0.25) is 5.02 Å². The maximum Gasteiger partial charge on any atom is 0.244 e. The van der Waals surface area contributed by atoms with E-state index in [1.165, 1.54) is 0 Å². The van der Waals surface area contributed by atoms with Gasteiger partial charge in [-0.05, 0) is 43.2 Å². The third-order valence-electron chi connectivity index (χ3n) is 4.24. The summed E-state index contributed by atoms with van der Waals surface area (Å²) in [5.41, 5.74) is 6.82. The first-order chi connectivity index (χ1) is 11.6. The number of halogens is 3. The van der Waals surface area contributed by atoms with Gasteiger partial charge in [0.1, 0.15) is 12.4 Å². The maximum atomic E-state index is 12.3. The van der Waals surface area contributed by atoms with Crippen molar-refractivity contribution in [2.24, 2.45) is 5.73 Å². The fourth-order valence-electron chi connectivity index (χ4n) is 2.82. The van der Waals surface area contributed by atoms with Gasteiger partial charge in [0.15, 0.2) is 0 Å². The number of anilines is 1. The van der Waals surface area contributed by atoms with Crippen LogP contribution in [0.1, 0.15) is 31.4 Å². The van der Waals surface area contributed by atoms with Crippen molar-refractivity contribution >= 4 is 48.0 Å². The lowest BCUT2D eigenvalue weighted by molar-refractivity contribution is -0.121. The van der Waals surface area contributed by atoms with E-state index >= 15 is 0 Å². The minimum Gasteiger partial charge on any atom is -0.486 e. The molecule has 1 amide bonds. The molecular weight excluding hydrogens is 397 g/mol. The average Bonchev–Trinajstić information content (AvgIpc) is 3.03. The number of hydrogen-bond donors (Lipinski definition) is 2. The summed E-state index contributed by atoms with van der Waals surface area (Å²) in [6.07, 6.45) is 5.14. The second-order valence-electron chi connectivity index (χ2n) is 6.07. The molecule has 1 aliphatic rings. The highest BCUT2D eigenvalue weighted by Crippen LogP contribution is 2.31. The van der Waals surface area contributed by atoms with E-state index in [4.69, 9.17) is 22.1 Å². The van der Waals surface area contributed by atoms with Gasteiger partial charge >= 0.3 is 0 Å². The molecule has 0 saturated heterocycles. The van der Waals surface area contributed by atoms with Crippen LogP contribution in [0.4, 0.5) is 5.69 Å². The molecule has 3 N–H and O–H groups in total. The molecule has 1 aliphatic carbocycles. The highest BCUT2D eigenvalue weighted by Gasteiger charge is 2.36. The normalized spacial score (nSPS) is 14.7. The maximum absolute atomic E-state index is 12.3. The molecule has 0 unspecified atom stereocenters. The Balaban J connectivity index is 0.00000169. The Kier molecular flexibility index (Phi) is 8.63. The van der Waals surface area contributed by atoms with Crippen molar-refractivity contribution in [1.82, 2.24) is 4.98 Å². The summed E-state index contributed by atoms with van der Waals surface area (Å²) in [6, 6.07) is 10.8. The molecule has 0 radical (unpaired) electrons. The SMILES string of the molecule is Cl.Cl.NC1(C(=O)Nc2ccc(OCc3ccccn3)c(Cl)c2)CCCC1. The number of nitrogens with two attached hydrogens (primary N) is 1. The van der Waals surface area contributed by atoms with Crippen molar-refractivity contribution in [3.05, 3.63) is 53.3 Å². The van der Waals surface area contributed by atoms with Crippen molar-refractivity contribution in [2.75, 3.05) is 5.32 Å². The molecule has 0 aliphatic heterocycles. The van der Waals surface area contributed by atoms with Gasteiger partial charge in [0, 0.05) is 11.9 Å². The van der Waals surface area contributed by atoms with Crippen LogP contribution in [-0.4, -0.2) is 16.4 Å². The molecule has 8 heteroatoms. The van der Waals surface area contributed by atoms with Gasteiger partial charge in [0.2, 0.25) is 5.91 Å². The van der Waals surface area contributed by atoms with Crippen molar-refractivity contribution in [1.29, 1.82) is 0 Å². The fraction of sp³-hybridized carbons (Fsp3) is 0.333. The van der Waals surface area contributed by atoms with Crippen LogP contribution in [0.3, 0.4) is 0 Å². The molecule has 26 heavy (non-hydrogen) atoms. The molecule has 1 aromatic carbocycles. The number of benzene rings is 1. The first-order valence-corrected chi connectivity index (χ1v) is 8.37. The Labute approximate surface area is 170 Å². The van der Waals surface area contributed by atoms with Crippen LogP contribution in [0.25, 0.3) is 0 Å². The number of carbonyl (C=O) groups is 1. The van der Waals surface area contributed by atoms with E-state index < -0.39 is 5.54 Å². The number of rotatable bonds is 5. The molecule has 5 nitrogen and oxygen atoms in total. The van der Waals surface area contributed by atoms with E-state index in [9.17, 15) is 4.79 Å². The average molecular weight is 419 g/mol. The molecule has 2 aromatic rings. The molecule has 0 bridgehead atoms. The highest BCUT2D eigenvalue weighted by atomic mass is 35.5. The topological polar surface area (TPSA) is 77.2 Å². The van der Waals surface area contributed by atoms with E-state index in [1.807, 2.05) is 18.2 Å². The van der Waals surface area contributed by atoms with Gasteiger partial charge in [-0.2, -0.15) is 0 Å². The smallest absolute Gasteiger partial charge is 0.244 e. The molecule has 1 saturated carbocycles. The molecule has 0 atom stereocenters. The van der Waals surface area contributed by atoms with Gasteiger partial charge in [-0.15, -0.1) is 24.8 Å². The Hall–Kier alpha value is -1.53. The quantitative estimate of drug-likeness (QED) is 0.756. The lowest BCUT2D eigenvalue weighted by Crippen LogP contribution is -2.48. The van der Waals surface area contributed by atoms with Crippen LogP contribution in [-0.2, 0) is 11.4 Å². The van der Waals surface area contributed by atoms with Crippen LogP contribution in [0.5, 0.6) is 5.75 Å². The third-order valence-corrected chi connectivity index (χ3v) is 4.53. The number of nitrogens with one attached hydrogen (secondary N) is 1. The summed E-state index contributed by atoms with van der Waals surface area (Å²) in [7, 11) is 0. The summed E-state index contributed by atoms with van der Waals surface area (Å²) in [5, 5.41) is 3.28. The summed E-state index contributed by atoms with van der Waals surface area (Å²) in [5.74, 6) is 0.391. The number of carbonyl (C=O) groups excluding carboxylic acids is 1. The molecule has 1 fully saturated rings. The van der Waals surface area contributed by atoms with E-state index in [-0.39, 0.29) is 30.7 Å². The Morgan fingerprint density at radius 3 is 2.58 bits per heavy atom. The molecule has 1 heterocycles. The summed E-state index contributed by atoms with van der Waals surface area (Å²) >= 11 is 6.25. The number of nitrogens with zero attached hydrogens (tertiary/aromatic N) is 1. The van der Waals surface area contributed by atoms with Crippen molar-refractivity contribution in [3.63, 3.8) is 0 Å². The minimum atomic E-state index is -0.763. The second kappa shape index (κ2) is 9.97. The summed E-state index contributed by atoms with van der Waals surface area (Å²) in [4.78, 5) is 16.5. The second-order valence-corrected chi connectivity index (χ2v) is 6.48. The lowest BCUT2D eigenvalue weighted by Gasteiger charge is -2.22. The van der Waals surface area contributed by atoms with Crippen LogP contribution < -0.4 is 15.8 Å². The first-order valence-electron chi connectivity index (χ1n) is 7.99. The highest BCUT2D eigenvalue weighted by molar-refractivity contribution is 6.32. The standard InChI is InChI=1S/C18H20ClN3O2.2ClH/c19-15-11-13(22-17(23)18(20)8-2-3-9-18)6-7-16(15)24-12-14-5-1-4-10-21-14;;/h1,4-7,10-11H,2-3,8-9,12,20H2,(H,22,23);2*1H.